The number of amides is 1. The number of carbonyl (C=O) groups is 1. The fraction of sp³-hybridized carbons (Fsp3) is 0.208. The average Bonchev–Trinajstić information content (AvgIpc) is 2.84. The number of halogens is 1. The summed E-state index contributed by atoms with van der Waals surface area (Å²) in [6, 6.07) is 16.1. The molecule has 0 aromatic heterocycles. The fourth-order valence-electron chi connectivity index (χ4n) is 3.03. The van der Waals surface area contributed by atoms with Gasteiger partial charge >= 0.3 is 0 Å². The molecule has 0 radical (unpaired) electrons. The van der Waals surface area contributed by atoms with Gasteiger partial charge in [-0.15, -0.1) is 0 Å². The third-order valence-corrected chi connectivity index (χ3v) is 6.18. The number of hydrogen-bond donors (Lipinski definition) is 2. The Balaban J connectivity index is 1.46. The summed E-state index contributed by atoms with van der Waals surface area (Å²) in [5.74, 6) is 0.821. The lowest BCUT2D eigenvalue weighted by Gasteiger charge is -2.11. The number of carbonyl (C=O) groups excluding carboxylic acids is 1. The van der Waals surface area contributed by atoms with Crippen molar-refractivity contribution >= 4 is 21.6 Å². The number of anilines is 1. The lowest BCUT2D eigenvalue weighted by molar-refractivity contribution is -0.123. The number of methoxy groups -OCH3 is 2. The molecule has 0 aliphatic carbocycles. The van der Waals surface area contributed by atoms with Gasteiger partial charge < -0.3 is 19.5 Å². The van der Waals surface area contributed by atoms with E-state index in [1.54, 1.807) is 20.3 Å². The van der Waals surface area contributed by atoms with Crippen LogP contribution in [-0.4, -0.2) is 41.7 Å². The lowest BCUT2D eigenvalue weighted by Crippen LogP contribution is -2.30. The van der Waals surface area contributed by atoms with Crippen LogP contribution in [0.25, 0.3) is 0 Å². The highest BCUT2D eigenvalue weighted by Crippen LogP contribution is 2.27. The summed E-state index contributed by atoms with van der Waals surface area (Å²) >= 11 is 0. The predicted octanol–water partition coefficient (Wildman–Crippen LogP) is 3.38. The van der Waals surface area contributed by atoms with Gasteiger partial charge in [-0.3, -0.25) is 9.52 Å². The Hall–Kier alpha value is -3.79. The molecule has 0 spiro atoms. The zero-order valence-electron chi connectivity index (χ0n) is 18.7. The van der Waals surface area contributed by atoms with Crippen LogP contribution < -0.4 is 24.2 Å². The SMILES string of the molecule is COc1ccc(CCNC(=O)COc2ccc(S(=O)(=O)Nc3ccc(F)cc3)cc2)cc1OC. The van der Waals surface area contributed by atoms with Gasteiger partial charge in [0.2, 0.25) is 0 Å². The van der Waals surface area contributed by atoms with E-state index in [0.717, 1.165) is 17.7 Å². The van der Waals surface area contributed by atoms with Gasteiger partial charge in [-0.2, -0.15) is 0 Å². The number of ether oxygens (including phenoxy) is 3. The largest absolute Gasteiger partial charge is 0.493 e. The van der Waals surface area contributed by atoms with Crippen LogP contribution in [0, 0.1) is 5.82 Å². The summed E-state index contributed by atoms with van der Waals surface area (Å²) in [4.78, 5) is 12.1. The minimum absolute atomic E-state index is 0.00328. The third kappa shape index (κ3) is 6.85. The van der Waals surface area contributed by atoms with E-state index in [1.807, 2.05) is 12.1 Å². The zero-order valence-corrected chi connectivity index (χ0v) is 19.5. The van der Waals surface area contributed by atoms with Crippen molar-refractivity contribution in [3.05, 3.63) is 78.1 Å². The molecule has 0 bridgehead atoms. The Morgan fingerprint density at radius 1 is 0.912 bits per heavy atom. The first-order valence-electron chi connectivity index (χ1n) is 10.3. The van der Waals surface area contributed by atoms with E-state index < -0.39 is 15.8 Å². The van der Waals surface area contributed by atoms with Gasteiger partial charge in [0.15, 0.2) is 18.1 Å². The van der Waals surface area contributed by atoms with Crippen molar-refractivity contribution in [2.24, 2.45) is 0 Å². The van der Waals surface area contributed by atoms with E-state index in [4.69, 9.17) is 14.2 Å². The predicted molar refractivity (Wildman–Crippen MR) is 125 cm³/mol. The fourth-order valence-corrected chi connectivity index (χ4v) is 4.09. The second kappa shape index (κ2) is 11.4. The second-order valence-corrected chi connectivity index (χ2v) is 8.84. The summed E-state index contributed by atoms with van der Waals surface area (Å²) in [5.41, 5.74) is 1.22. The molecule has 0 saturated carbocycles. The van der Waals surface area contributed by atoms with Crippen molar-refractivity contribution in [3.63, 3.8) is 0 Å². The molecule has 0 atom stereocenters. The Morgan fingerprint density at radius 3 is 2.24 bits per heavy atom. The minimum Gasteiger partial charge on any atom is -0.493 e. The zero-order chi connectivity index (χ0) is 24.6. The van der Waals surface area contributed by atoms with Crippen LogP contribution in [0.3, 0.4) is 0 Å². The molecule has 0 aliphatic rings. The highest BCUT2D eigenvalue weighted by Gasteiger charge is 2.14. The van der Waals surface area contributed by atoms with Crippen LogP contribution in [0.15, 0.2) is 71.6 Å². The van der Waals surface area contributed by atoms with Crippen LogP contribution in [0.1, 0.15) is 5.56 Å². The number of nitrogens with one attached hydrogen (secondary N) is 2. The van der Waals surface area contributed by atoms with Gasteiger partial charge in [-0.05, 0) is 72.6 Å². The molecule has 0 fully saturated rings. The molecule has 34 heavy (non-hydrogen) atoms. The van der Waals surface area contributed by atoms with Gasteiger partial charge in [-0.1, -0.05) is 6.07 Å². The van der Waals surface area contributed by atoms with E-state index in [9.17, 15) is 17.6 Å². The molecule has 1 amide bonds. The molecule has 0 heterocycles. The van der Waals surface area contributed by atoms with Gasteiger partial charge in [0.1, 0.15) is 11.6 Å². The van der Waals surface area contributed by atoms with Crippen molar-refractivity contribution in [1.29, 1.82) is 0 Å². The van der Waals surface area contributed by atoms with Crippen molar-refractivity contribution < 1.29 is 31.8 Å². The smallest absolute Gasteiger partial charge is 0.261 e. The van der Waals surface area contributed by atoms with Crippen molar-refractivity contribution in [2.75, 3.05) is 32.1 Å². The molecule has 3 aromatic carbocycles. The molecular weight excluding hydrogens is 463 g/mol. The molecule has 8 nitrogen and oxygen atoms in total. The van der Waals surface area contributed by atoms with E-state index >= 15 is 0 Å². The van der Waals surface area contributed by atoms with Crippen molar-refractivity contribution in [1.82, 2.24) is 5.32 Å². The first kappa shape index (κ1) is 24.8. The maximum absolute atomic E-state index is 13.0. The van der Waals surface area contributed by atoms with E-state index in [1.165, 1.54) is 36.4 Å². The average molecular weight is 489 g/mol. The van der Waals surface area contributed by atoms with Crippen molar-refractivity contribution in [2.45, 2.75) is 11.3 Å². The number of sulfonamides is 1. The topological polar surface area (TPSA) is 103 Å². The molecule has 0 unspecified atom stereocenters. The van der Waals surface area contributed by atoms with Crippen LogP contribution in [0.5, 0.6) is 17.2 Å². The van der Waals surface area contributed by atoms with Gasteiger partial charge in [0, 0.05) is 12.2 Å². The quantitative estimate of drug-likeness (QED) is 0.429. The summed E-state index contributed by atoms with van der Waals surface area (Å²) in [5, 5.41) is 2.77. The molecule has 3 aromatic rings. The Kier molecular flexibility index (Phi) is 8.31. The standard InChI is InChI=1S/C24H25FN2O6S/c1-31-22-12-3-17(15-23(22)32-2)13-14-26-24(28)16-33-20-8-10-21(11-9-20)34(29,30)27-19-6-4-18(25)5-7-19/h3-12,15,27H,13-14,16H2,1-2H3,(H,26,28). The molecule has 2 N–H and O–H groups in total. The van der Waals surface area contributed by atoms with E-state index in [0.29, 0.717) is 30.2 Å². The molecule has 10 heteroatoms. The van der Waals surface area contributed by atoms with Crippen molar-refractivity contribution in [3.8, 4) is 17.2 Å². The lowest BCUT2D eigenvalue weighted by atomic mass is 10.1. The summed E-state index contributed by atoms with van der Waals surface area (Å²) in [6.45, 7) is 0.190. The first-order chi connectivity index (χ1) is 16.3. The van der Waals surface area contributed by atoms with E-state index in [2.05, 4.69) is 10.0 Å². The molecule has 0 saturated heterocycles. The van der Waals surface area contributed by atoms with Crippen LogP contribution in [0.2, 0.25) is 0 Å². The Bertz CT molecular complexity index is 1220. The summed E-state index contributed by atoms with van der Waals surface area (Å²) in [7, 11) is -0.721. The molecule has 0 aliphatic heterocycles. The first-order valence-corrected chi connectivity index (χ1v) is 11.8. The second-order valence-electron chi connectivity index (χ2n) is 7.16. The highest BCUT2D eigenvalue weighted by molar-refractivity contribution is 7.92. The van der Waals surface area contributed by atoms with Gasteiger partial charge in [0.05, 0.1) is 19.1 Å². The Labute approximate surface area is 197 Å². The molecule has 3 rings (SSSR count). The number of rotatable bonds is 11. The summed E-state index contributed by atoms with van der Waals surface area (Å²) in [6.07, 6.45) is 0.597. The number of benzene rings is 3. The summed E-state index contributed by atoms with van der Waals surface area (Å²) < 4.78 is 56.2. The van der Waals surface area contributed by atoms with Crippen LogP contribution >= 0.6 is 0 Å². The number of hydrogen-bond acceptors (Lipinski definition) is 6. The van der Waals surface area contributed by atoms with Gasteiger partial charge in [-0.25, -0.2) is 12.8 Å². The van der Waals surface area contributed by atoms with Gasteiger partial charge in [0.25, 0.3) is 15.9 Å². The minimum atomic E-state index is -3.85. The Morgan fingerprint density at radius 2 is 1.59 bits per heavy atom. The van der Waals surface area contributed by atoms with Crippen LogP contribution in [0.4, 0.5) is 10.1 Å². The normalized spacial score (nSPS) is 10.9. The molecule has 180 valence electrons. The van der Waals surface area contributed by atoms with E-state index in [-0.39, 0.29) is 23.1 Å². The third-order valence-electron chi connectivity index (χ3n) is 4.78. The monoisotopic (exact) mass is 488 g/mol. The van der Waals surface area contributed by atoms with Crippen LogP contribution in [-0.2, 0) is 21.2 Å². The highest BCUT2D eigenvalue weighted by atomic mass is 32.2. The maximum atomic E-state index is 13.0. The maximum Gasteiger partial charge on any atom is 0.261 e. The molecular formula is C24H25FN2O6S.